The fourth-order valence-electron chi connectivity index (χ4n) is 15.3. The zero-order valence-corrected chi connectivity index (χ0v) is 65.4. The van der Waals surface area contributed by atoms with Gasteiger partial charge in [-0.3, -0.25) is 62.3 Å². The van der Waals surface area contributed by atoms with Crippen LogP contribution in [0, 0.1) is 47.3 Å². The average molecular weight is 1430 g/mol. The lowest BCUT2D eigenvalue weighted by molar-refractivity contribution is -0.168. The molecule has 4 aliphatic heterocycles. The van der Waals surface area contributed by atoms with E-state index in [-0.39, 0.29) is 51.7 Å². The van der Waals surface area contributed by atoms with Crippen molar-refractivity contribution >= 4 is 76.9 Å². The van der Waals surface area contributed by atoms with E-state index in [1.807, 2.05) is 51.1 Å². The summed E-state index contributed by atoms with van der Waals surface area (Å²) < 4.78 is 6.07. The van der Waals surface area contributed by atoms with Crippen LogP contribution in [0.15, 0.2) is 30.3 Å². The highest BCUT2D eigenvalue weighted by Crippen LogP contribution is 2.32. The molecule has 0 radical (unpaired) electrons. The summed E-state index contributed by atoms with van der Waals surface area (Å²) in [5.74, 6) is -12.4. The molecule has 26 heteroatoms. The third-order valence-corrected chi connectivity index (χ3v) is 21.8. The van der Waals surface area contributed by atoms with Crippen molar-refractivity contribution in [3.63, 3.8) is 0 Å². The third-order valence-electron chi connectivity index (χ3n) is 21.8. The largest absolute Gasteiger partial charge is 0.452 e. The maximum atomic E-state index is 15.3. The molecule has 0 aromatic heterocycles. The van der Waals surface area contributed by atoms with Crippen LogP contribution >= 0.6 is 0 Å². The normalized spacial score (nSPS) is 29.4. The van der Waals surface area contributed by atoms with Crippen LogP contribution in [0.5, 0.6) is 0 Å². The summed E-state index contributed by atoms with van der Waals surface area (Å²) in [6.07, 6.45) is 1.98. The fourth-order valence-corrected chi connectivity index (χ4v) is 15.3. The standard InChI is InChI=1S/C76H124N12O14/c1-24-32-52-49(16)76(101)102-63(47(13)14)75(100)80(18)50(17)64(89)78-57(42(3)4)70(95)84(22)60(44(7)8)72(97)85(23)62(46(11)12)74(99)88-40-31-37-55(88)68(93)82(20)59(43(5)6)66(91)79-58(48(15)25-2)71(96)86-38-29-36-54(86)69(94)83(21)61(45(9)10)73(98)87-39-30-35-53(87)67(92)81(19)56(65(90)77-52)41-51-33-27-26-28-34-51/h26-28,33-34,42-50,52-63H,24-25,29-32,35-41H2,1-23H3,(H,77,90)(H,78,89)(H,79,91)/t48-,49?,50-,52?,53-,54-,55-,56-,57-,58-,59?,60?,61?,62?,63+/m0/s1. The lowest BCUT2D eigenvalue weighted by atomic mass is 9.94. The van der Waals surface area contributed by atoms with E-state index < -0.39 is 203 Å². The second-order valence-electron chi connectivity index (χ2n) is 31.3. The van der Waals surface area contributed by atoms with Crippen LogP contribution in [0.25, 0.3) is 0 Å². The Hall–Kier alpha value is -7.67. The molecule has 0 spiro atoms. The van der Waals surface area contributed by atoms with Crippen LogP contribution in [0.4, 0.5) is 0 Å². The maximum Gasteiger partial charge on any atom is 0.311 e. The monoisotopic (exact) mass is 1430 g/mol. The second kappa shape index (κ2) is 37.2. The van der Waals surface area contributed by atoms with Crippen LogP contribution in [0.2, 0.25) is 0 Å². The van der Waals surface area contributed by atoms with E-state index in [1.165, 1.54) is 88.4 Å². The molecule has 1 aromatic rings. The second-order valence-corrected chi connectivity index (χ2v) is 31.3. The molecular weight excluding hydrogens is 1300 g/mol. The average Bonchev–Trinajstić information content (AvgIpc) is 1.24. The molecule has 0 aliphatic carbocycles. The number of hydrogen-bond donors (Lipinski definition) is 3. The molecule has 5 rings (SSSR count). The summed E-state index contributed by atoms with van der Waals surface area (Å²) in [4.78, 5) is 207. The molecule has 12 amide bonds. The number of carbonyl (C=O) groups is 13. The Labute approximate surface area is 607 Å². The van der Waals surface area contributed by atoms with E-state index in [2.05, 4.69) is 16.0 Å². The predicted molar refractivity (Wildman–Crippen MR) is 388 cm³/mol. The van der Waals surface area contributed by atoms with E-state index >= 15 is 38.4 Å². The lowest BCUT2D eigenvalue weighted by Crippen LogP contribution is -2.63. The van der Waals surface area contributed by atoms with Crippen molar-refractivity contribution in [2.45, 2.75) is 261 Å². The van der Waals surface area contributed by atoms with E-state index in [9.17, 15) is 24.0 Å². The summed E-state index contributed by atoms with van der Waals surface area (Å²) in [7, 11) is 8.86. The summed E-state index contributed by atoms with van der Waals surface area (Å²) in [6, 6.07) is -4.14. The number of likely N-dealkylation sites (N-methyl/N-ethyl adjacent to an activating group) is 6. The number of amides is 12. The fraction of sp³-hybridized carbons (Fsp3) is 0.750. The smallest absolute Gasteiger partial charge is 0.311 e. The number of benzene rings is 1. The summed E-state index contributed by atoms with van der Waals surface area (Å²) in [5.41, 5.74) is 0.724. The van der Waals surface area contributed by atoms with E-state index in [4.69, 9.17) is 4.74 Å². The van der Waals surface area contributed by atoms with Gasteiger partial charge in [0.2, 0.25) is 65.0 Å². The first-order valence-electron chi connectivity index (χ1n) is 37.4. The van der Waals surface area contributed by atoms with Gasteiger partial charge >= 0.3 is 5.97 Å². The first-order chi connectivity index (χ1) is 47.7. The van der Waals surface area contributed by atoms with Gasteiger partial charge in [-0.15, -0.1) is 0 Å². The SMILES string of the molecule is CCCC1NC(=O)[C@H](Cc2ccccc2)N(C)C(=O)[C@@H]2CCCN2C(=O)C(C(C)C)N(C)C(=O)[C@@H]2CCCN2C(=O)[C@H]([C@@H](C)CC)NC(=O)C(C(C)C)N(C)C(=O)[C@@H]2CCCN2C(=O)C(C(C)C)N(C)C(=O)C(C(C)C)N(C)C(=O)[C@H](C(C)C)NC(=O)[C@H](C)N(C)C(=O)[C@@H](C(C)C)OC(=O)C1C. The minimum atomic E-state index is -1.41. The van der Waals surface area contributed by atoms with Crippen LogP contribution in [0.3, 0.4) is 0 Å². The Kier molecular flexibility index (Phi) is 31.0. The van der Waals surface area contributed by atoms with Crippen LogP contribution in [-0.4, -0.2) is 261 Å². The molecule has 3 N–H and O–H groups in total. The minimum Gasteiger partial charge on any atom is -0.452 e. The van der Waals surface area contributed by atoms with Gasteiger partial charge in [-0.25, -0.2) is 0 Å². The minimum absolute atomic E-state index is 0.0497. The quantitative estimate of drug-likeness (QED) is 0.233. The van der Waals surface area contributed by atoms with Gasteiger partial charge in [0.15, 0.2) is 6.10 Å². The molecular formula is C76H124N12O14. The summed E-state index contributed by atoms with van der Waals surface area (Å²) in [5, 5.41) is 8.91. The molecule has 4 fully saturated rings. The van der Waals surface area contributed by atoms with E-state index in [1.54, 1.807) is 90.0 Å². The van der Waals surface area contributed by atoms with Gasteiger partial charge in [0.05, 0.1) is 5.92 Å². The number of hydrogen-bond acceptors (Lipinski definition) is 14. The van der Waals surface area contributed by atoms with Crippen LogP contribution in [-0.2, 0) is 73.5 Å². The lowest BCUT2D eigenvalue weighted by Gasteiger charge is -2.41. The highest BCUT2D eigenvalue weighted by atomic mass is 16.5. The van der Waals surface area contributed by atoms with Crippen LogP contribution < -0.4 is 16.0 Å². The summed E-state index contributed by atoms with van der Waals surface area (Å²) >= 11 is 0. The number of ether oxygens (including phenoxy) is 1. The highest BCUT2D eigenvalue weighted by molar-refractivity contribution is 6.00. The van der Waals surface area contributed by atoms with Gasteiger partial charge < -0.3 is 64.8 Å². The Morgan fingerprint density at radius 2 is 0.833 bits per heavy atom. The molecule has 572 valence electrons. The Balaban J connectivity index is 1.61. The zero-order chi connectivity index (χ0) is 77.0. The van der Waals surface area contributed by atoms with Crippen molar-refractivity contribution in [2.75, 3.05) is 61.9 Å². The molecule has 15 atom stereocenters. The summed E-state index contributed by atoms with van der Waals surface area (Å²) in [6.45, 7) is 30.2. The van der Waals surface area contributed by atoms with Crippen molar-refractivity contribution < 1.29 is 67.1 Å². The van der Waals surface area contributed by atoms with Gasteiger partial charge in [-0.2, -0.15) is 0 Å². The molecule has 6 unspecified atom stereocenters. The molecule has 102 heavy (non-hydrogen) atoms. The molecule has 1 aromatic carbocycles. The van der Waals surface area contributed by atoms with Gasteiger partial charge in [-0.05, 0) is 106 Å². The van der Waals surface area contributed by atoms with Crippen molar-refractivity contribution in [1.82, 2.24) is 60.0 Å². The Morgan fingerprint density at radius 1 is 0.422 bits per heavy atom. The molecule has 4 aliphatic rings. The van der Waals surface area contributed by atoms with Crippen molar-refractivity contribution in [3.05, 3.63) is 35.9 Å². The highest BCUT2D eigenvalue weighted by Gasteiger charge is 2.50. The van der Waals surface area contributed by atoms with Gasteiger partial charge in [0.1, 0.15) is 66.5 Å². The first kappa shape index (κ1) is 85.0. The topological polar surface area (TPSA) is 296 Å². The van der Waals surface area contributed by atoms with Gasteiger partial charge in [-0.1, -0.05) is 147 Å². The molecule has 26 nitrogen and oxygen atoms in total. The molecule has 0 bridgehead atoms. The molecule has 0 saturated carbocycles. The van der Waals surface area contributed by atoms with Crippen LogP contribution in [0.1, 0.15) is 181 Å². The molecule has 4 saturated heterocycles. The third kappa shape index (κ3) is 19.4. The Morgan fingerprint density at radius 3 is 1.26 bits per heavy atom. The predicted octanol–water partition coefficient (Wildman–Crippen LogP) is 4.98. The number of carbonyl (C=O) groups excluding carboxylic acids is 13. The van der Waals surface area contributed by atoms with Gasteiger partial charge in [0.25, 0.3) is 5.91 Å². The zero-order valence-electron chi connectivity index (χ0n) is 65.4. The number of rotatable bonds is 12. The van der Waals surface area contributed by atoms with E-state index in [0.29, 0.717) is 32.1 Å². The number of esters is 1. The number of nitrogens with one attached hydrogen (secondary N) is 3. The number of cyclic esters (lactones) is 1. The van der Waals surface area contributed by atoms with Crippen molar-refractivity contribution in [2.24, 2.45) is 47.3 Å². The number of fused-ring (bicyclic) bond motifs is 3. The number of nitrogens with zero attached hydrogens (tertiary/aromatic N) is 9. The van der Waals surface area contributed by atoms with E-state index in [0.717, 1.165) is 10.5 Å². The van der Waals surface area contributed by atoms with Gasteiger partial charge in [0, 0.05) is 74.4 Å². The first-order valence-corrected chi connectivity index (χ1v) is 37.4. The van der Waals surface area contributed by atoms with Crippen molar-refractivity contribution in [3.8, 4) is 0 Å². The maximum absolute atomic E-state index is 15.3. The Bertz CT molecular complexity index is 3140. The van der Waals surface area contributed by atoms with Crippen molar-refractivity contribution in [1.29, 1.82) is 0 Å². The molecule has 4 heterocycles.